The second-order valence-corrected chi connectivity index (χ2v) is 7.05. The number of ether oxygens (including phenoxy) is 3. The smallest absolute Gasteiger partial charge is 0.390 e. The van der Waals surface area contributed by atoms with Crippen molar-refractivity contribution in [3.63, 3.8) is 0 Å². The largest absolute Gasteiger partial charge is 0.412 e. The predicted molar refractivity (Wildman–Crippen MR) is 75.9 cm³/mol. The van der Waals surface area contributed by atoms with Crippen LogP contribution in [-0.4, -0.2) is 54.5 Å². The van der Waals surface area contributed by atoms with Crippen molar-refractivity contribution in [3.05, 3.63) is 11.6 Å². The zero-order valence-corrected chi connectivity index (χ0v) is 13.5. The van der Waals surface area contributed by atoms with Crippen LogP contribution >= 0.6 is 0 Å². The molecule has 3 aliphatic rings. The topological polar surface area (TPSA) is 54.5 Å². The number of hydrogen-bond donors (Lipinski definition) is 1. The first kappa shape index (κ1) is 17.2. The van der Waals surface area contributed by atoms with E-state index in [1.54, 1.807) is 0 Å². The molecule has 0 aromatic rings. The van der Waals surface area contributed by atoms with E-state index in [1.165, 1.54) is 13.2 Å². The molecule has 0 amide bonds. The van der Waals surface area contributed by atoms with Gasteiger partial charge in [0.15, 0.2) is 0 Å². The van der Waals surface area contributed by atoms with E-state index < -0.39 is 29.6 Å². The van der Waals surface area contributed by atoms with Gasteiger partial charge in [0.05, 0.1) is 36.4 Å². The molecule has 0 radical (unpaired) electrons. The van der Waals surface area contributed by atoms with Gasteiger partial charge in [0, 0.05) is 12.7 Å². The molecule has 23 heavy (non-hydrogen) atoms. The van der Waals surface area contributed by atoms with Gasteiger partial charge >= 0.3 is 6.18 Å². The van der Waals surface area contributed by atoms with Crippen LogP contribution in [0, 0.1) is 5.92 Å². The lowest BCUT2D eigenvalue weighted by molar-refractivity contribution is -0.116. The summed E-state index contributed by atoms with van der Waals surface area (Å²) in [6.07, 6.45) is -2.94. The van der Waals surface area contributed by atoms with Crippen LogP contribution in [0.1, 0.15) is 33.1 Å². The molecule has 2 aliphatic heterocycles. The molecule has 0 aromatic heterocycles. The third-order valence-corrected chi connectivity index (χ3v) is 5.61. The van der Waals surface area contributed by atoms with Gasteiger partial charge < -0.3 is 19.3 Å². The Morgan fingerprint density at radius 3 is 2.61 bits per heavy atom. The summed E-state index contributed by atoms with van der Waals surface area (Å²) in [4.78, 5) is 0. The number of aliphatic hydroxyl groups excluding tert-OH is 1. The van der Waals surface area contributed by atoms with Gasteiger partial charge in [-0.3, -0.25) is 0 Å². The zero-order valence-electron chi connectivity index (χ0n) is 13.5. The summed E-state index contributed by atoms with van der Waals surface area (Å²) in [5.41, 5.74) is -1.59. The van der Waals surface area contributed by atoms with E-state index in [0.29, 0.717) is 13.0 Å². The lowest BCUT2D eigenvalue weighted by Gasteiger charge is -2.41. The van der Waals surface area contributed by atoms with Crippen molar-refractivity contribution in [2.45, 2.75) is 68.8 Å². The summed E-state index contributed by atoms with van der Waals surface area (Å²) < 4.78 is 54.7. The van der Waals surface area contributed by atoms with Gasteiger partial charge in [-0.2, -0.15) is 13.2 Å². The van der Waals surface area contributed by atoms with Crippen LogP contribution in [0.5, 0.6) is 0 Å². The van der Waals surface area contributed by atoms with Gasteiger partial charge in [-0.15, -0.1) is 0 Å². The number of epoxide rings is 2. The molecule has 2 heterocycles. The van der Waals surface area contributed by atoms with Gasteiger partial charge in [-0.1, -0.05) is 6.08 Å². The molecule has 1 aliphatic carbocycles. The van der Waals surface area contributed by atoms with Crippen LogP contribution in [0.25, 0.3) is 0 Å². The summed E-state index contributed by atoms with van der Waals surface area (Å²) in [7, 11) is 1.54. The number of hydrogen-bond acceptors (Lipinski definition) is 4. The molecule has 4 nitrogen and oxygen atoms in total. The van der Waals surface area contributed by atoms with Gasteiger partial charge in [0.2, 0.25) is 0 Å². The van der Waals surface area contributed by atoms with Crippen molar-refractivity contribution < 1.29 is 32.5 Å². The minimum Gasteiger partial charge on any atom is -0.390 e. The monoisotopic (exact) mass is 336 g/mol. The van der Waals surface area contributed by atoms with E-state index in [-0.39, 0.29) is 24.0 Å². The first-order chi connectivity index (χ1) is 10.6. The molecule has 0 bridgehead atoms. The minimum atomic E-state index is -4.30. The average Bonchev–Trinajstić information content (AvgIpc) is 3.36. The number of rotatable bonds is 4. The fraction of sp³-hybridized carbons (Fsp3) is 0.875. The Kier molecular flexibility index (Phi) is 4.07. The Bertz CT molecular complexity index is 500. The number of halogens is 3. The first-order valence-electron chi connectivity index (χ1n) is 7.90. The molecule has 3 rings (SSSR count). The molecule has 132 valence electrons. The van der Waals surface area contributed by atoms with Crippen LogP contribution < -0.4 is 0 Å². The standard InChI is InChI=1S/C16H23F3O4/c1-9(16(17,18)19)4-5-11-14(2,23-11)13-12(21-3)10(20)6-7-15(13)8-22-15/h4,10-13,20H,5-8H2,1-3H3/b9-4+/t10-,11-,12-,13-,14+,15+/m1/s1. The minimum absolute atomic E-state index is 0.173. The second kappa shape index (κ2) is 5.44. The number of alkyl halides is 3. The summed E-state index contributed by atoms with van der Waals surface area (Å²) in [6, 6.07) is 0. The van der Waals surface area contributed by atoms with E-state index >= 15 is 0 Å². The van der Waals surface area contributed by atoms with Crippen LogP contribution in [0.3, 0.4) is 0 Å². The average molecular weight is 336 g/mol. The van der Waals surface area contributed by atoms with Crippen molar-refractivity contribution in [1.29, 1.82) is 0 Å². The lowest BCUT2D eigenvalue weighted by Crippen LogP contribution is -2.54. The maximum Gasteiger partial charge on any atom is 0.412 e. The number of aliphatic hydroxyl groups is 1. The zero-order chi connectivity index (χ0) is 17.0. The molecular weight excluding hydrogens is 313 g/mol. The molecule has 7 heteroatoms. The number of allylic oxidation sites excluding steroid dienone is 1. The maximum absolute atomic E-state index is 12.6. The molecule has 3 fully saturated rings. The fourth-order valence-corrected chi connectivity index (χ4v) is 4.02. The first-order valence-corrected chi connectivity index (χ1v) is 7.90. The molecule has 6 atom stereocenters. The van der Waals surface area contributed by atoms with E-state index in [9.17, 15) is 18.3 Å². The van der Waals surface area contributed by atoms with E-state index in [2.05, 4.69) is 0 Å². The Hall–Kier alpha value is -0.630. The maximum atomic E-state index is 12.6. The van der Waals surface area contributed by atoms with E-state index in [0.717, 1.165) is 13.3 Å². The SMILES string of the molecule is CO[C@@H]1[C@H](O)CC[C@]2(CO2)[C@H]1[C@@]1(C)O[C@@H]1C/C=C(\C)C(F)(F)F. The lowest BCUT2D eigenvalue weighted by atomic mass is 9.68. The Labute approximate surface area is 133 Å². The summed E-state index contributed by atoms with van der Waals surface area (Å²) in [5.74, 6) is -0.173. The highest BCUT2D eigenvalue weighted by Gasteiger charge is 2.71. The van der Waals surface area contributed by atoms with E-state index in [1.807, 2.05) is 6.92 Å². The second-order valence-electron chi connectivity index (χ2n) is 7.05. The van der Waals surface area contributed by atoms with Crippen molar-refractivity contribution in [1.82, 2.24) is 0 Å². The summed E-state index contributed by atoms with van der Waals surface area (Å²) in [6.45, 7) is 3.54. The highest BCUT2D eigenvalue weighted by Crippen LogP contribution is 2.59. The number of methoxy groups -OCH3 is 1. The van der Waals surface area contributed by atoms with Gasteiger partial charge in [0.25, 0.3) is 0 Å². The highest BCUT2D eigenvalue weighted by molar-refractivity contribution is 5.21. The Morgan fingerprint density at radius 2 is 2.09 bits per heavy atom. The molecule has 1 saturated carbocycles. The normalized spacial score (nSPS) is 47.0. The van der Waals surface area contributed by atoms with Gasteiger partial charge in [-0.05, 0) is 33.1 Å². The van der Waals surface area contributed by atoms with Crippen LogP contribution in [0.15, 0.2) is 11.6 Å². The molecule has 2 saturated heterocycles. The Balaban J connectivity index is 1.73. The van der Waals surface area contributed by atoms with Crippen molar-refractivity contribution in [3.8, 4) is 0 Å². The molecule has 0 unspecified atom stereocenters. The third-order valence-electron chi connectivity index (χ3n) is 5.61. The summed E-state index contributed by atoms with van der Waals surface area (Å²) in [5, 5.41) is 10.2. The van der Waals surface area contributed by atoms with Crippen molar-refractivity contribution in [2.75, 3.05) is 13.7 Å². The van der Waals surface area contributed by atoms with Crippen LogP contribution in [0.2, 0.25) is 0 Å². The quantitative estimate of drug-likeness (QED) is 0.633. The highest BCUT2D eigenvalue weighted by atomic mass is 19.4. The van der Waals surface area contributed by atoms with Crippen molar-refractivity contribution in [2.24, 2.45) is 5.92 Å². The van der Waals surface area contributed by atoms with Crippen molar-refractivity contribution >= 4 is 0 Å². The summed E-state index contributed by atoms with van der Waals surface area (Å²) >= 11 is 0. The van der Waals surface area contributed by atoms with E-state index in [4.69, 9.17) is 14.2 Å². The Morgan fingerprint density at radius 1 is 1.43 bits per heavy atom. The predicted octanol–water partition coefficient (Wildman–Crippen LogP) is 2.60. The van der Waals surface area contributed by atoms with Gasteiger partial charge in [0.1, 0.15) is 5.60 Å². The molecule has 0 aromatic carbocycles. The van der Waals surface area contributed by atoms with Gasteiger partial charge in [-0.25, -0.2) is 0 Å². The molecular formula is C16H23F3O4. The third kappa shape index (κ3) is 2.92. The van der Waals surface area contributed by atoms with Crippen LogP contribution in [-0.2, 0) is 14.2 Å². The molecule has 1 spiro atoms. The fourth-order valence-electron chi connectivity index (χ4n) is 4.02. The molecule has 1 N–H and O–H groups in total. The van der Waals surface area contributed by atoms with Crippen LogP contribution in [0.4, 0.5) is 13.2 Å².